The van der Waals surface area contributed by atoms with E-state index in [0.717, 1.165) is 6.07 Å². The zero-order chi connectivity index (χ0) is 26.8. The van der Waals surface area contributed by atoms with Crippen LogP contribution in [0.4, 0.5) is 4.39 Å². The van der Waals surface area contributed by atoms with Gasteiger partial charge in [0.2, 0.25) is 5.91 Å². The first-order valence-electron chi connectivity index (χ1n) is 12.4. The predicted molar refractivity (Wildman–Crippen MR) is 136 cm³/mol. The molecule has 194 valence electrons. The molecular weight excluding hydrogens is 489 g/mol. The predicted octanol–water partition coefficient (Wildman–Crippen LogP) is 2.57. The smallest absolute Gasteiger partial charge is 0.254 e. The maximum Gasteiger partial charge on any atom is 0.254 e. The van der Waals surface area contributed by atoms with Crippen molar-refractivity contribution in [3.05, 3.63) is 101 Å². The van der Waals surface area contributed by atoms with Crippen molar-refractivity contribution in [2.45, 2.75) is 31.0 Å². The summed E-state index contributed by atoms with van der Waals surface area (Å²) in [6, 6.07) is 17.7. The third kappa shape index (κ3) is 5.00. The van der Waals surface area contributed by atoms with Crippen molar-refractivity contribution in [3.8, 4) is 5.75 Å². The van der Waals surface area contributed by atoms with Crippen molar-refractivity contribution in [1.29, 1.82) is 0 Å². The van der Waals surface area contributed by atoms with Crippen LogP contribution in [0.25, 0.3) is 0 Å². The molecule has 0 spiro atoms. The average Bonchev–Trinajstić information content (AvgIpc) is 3.50. The highest BCUT2D eigenvalue weighted by Crippen LogP contribution is 2.31. The van der Waals surface area contributed by atoms with Crippen molar-refractivity contribution >= 4 is 23.5 Å². The van der Waals surface area contributed by atoms with E-state index in [0.29, 0.717) is 17.5 Å². The number of phenolic OH excluding ortho intramolecular Hbond substituents is 1. The van der Waals surface area contributed by atoms with Crippen molar-refractivity contribution in [2.75, 3.05) is 13.1 Å². The van der Waals surface area contributed by atoms with E-state index in [-0.39, 0.29) is 42.5 Å². The number of carbonyl (C=O) groups is 4. The number of fused-ring (bicyclic) bond motifs is 1. The van der Waals surface area contributed by atoms with E-state index in [4.69, 9.17) is 0 Å². The van der Waals surface area contributed by atoms with E-state index < -0.39 is 35.8 Å². The summed E-state index contributed by atoms with van der Waals surface area (Å²) in [5.41, 5.74) is 1.21. The van der Waals surface area contributed by atoms with Crippen LogP contribution in [0.15, 0.2) is 78.9 Å². The largest absolute Gasteiger partial charge is 0.508 e. The number of amides is 3. The molecule has 0 bridgehead atoms. The first-order chi connectivity index (χ1) is 18.3. The molecule has 2 heterocycles. The molecule has 3 aromatic rings. The van der Waals surface area contributed by atoms with Crippen molar-refractivity contribution in [3.63, 3.8) is 0 Å². The van der Waals surface area contributed by atoms with Crippen molar-refractivity contribution in [1.82, 2.24) is 15.1 Å². The van der Waals surface area contributed by atoms with Gasteiger partial charge in [-0.15, -0.1) is 0 Å². The summed E-state index contributed by atoms with van der Waals surface area (Å²) in [6.07, 6.45) is 0.527. The Labute approximate surface area is 218 Å². The molecule has 2 aliphatic rings. The number of halogens is 1. The number of likely N-dealkylation sites (tertiary alicyclic amines) is 2. The molecule has 0 radical (unpaired) electrons. The molecule has 8 nitrogen and oxygen atoms in total. The second-order valence-electron chi connectivity index (χ2n) is 9.50. The van der Waals surface area contributed by atoms with Crippen LogP contribution in [0, 0.1) is 5.82 Å². The lowest BCUT2D eigenvalue weighted by atomic mass is 10.0. The Morgan fingerprint density at radius 1 is 0.947 bits per heavy atom. The van der Waals surface area contributed by atoms with Crippen LogP contribution < -0.4 is 5.32 Å². The van der Waals surface area contributed by atoms with Crippen LogP contribution in [0.5, 0.6) is 5.75 Å². The number of aromatic hydroxyl groups is 1. The molecule has 1 unspecified atom stereocenters. The number of benzene rings is 3. The van der Waals surface area contributed by atoms with Gasteiger partial charge in [0.25, 0.3) is 11.8 Å². The molecule has 2 fully saturated rings. The highest BCUT2D eigenvalue weighted by atomic mass is 19.1. The van der Waals surface area contributed by atoms with Crippen LogP contribution in [-0.2, 0) is 16.0 Å². The number of ketones is 1. The highest BCUT2D eigenvalue weighted by molar-refractivity contribution is 6.03. The van der Waals surface area contributed by atoms with E-state index in [9.17, 15) is 28.7 Å². The molecule has 0 aliphatic carbocycles. The zero-order valence-corrected chi connectivity index (χ0v) is 20.4. The lowest BCUT2D eigenvalue weighted by Gasteiger charge is -2.28. The van der Waals surface area contributed by atoms with Crippen LogP contribution in [0.3, 0.4) is 0 Å². The molecule has 9 heteroatoms. The lowest BCUT2D eigenvalue weighted by molar-refractivity contribution is -0.138. The molecule has 5 rings (SSSR count). The van der Waals surface area contributed by atoms with Crippen LogP contribution in [0.1, 0.15) is 32.7 Å². The van der Waals surface area contributed by atoms with Gasteiger partial charge in [-0.05, 0) is 54.4 Å². The number of Topliss-reactive ketones (excluding diaryl/α,β-unsaturated/α-hetero) is 1. The Morgan fingerprint density at radius 2 is 1.66 bits per heavy atom. The third-order valence-corrected chi connectivity index (χ3v) is 7.05. The van der Waals surface area contributed by atoms with Crippen LogP contribution in [0.2, 0.25) is 0 Å². The minimum Gasteiger partial charge on any atom is -0.508 e. The van der Waals surface area contributed by atoms with E-state index in [1.54, 1.807) is 42.5 Å². The SMILES string of the molecule is O=C(NC(Cc1ccc(O)cc1)C(=O)N1CC[C@@H]2[C@H]1C(=O)CN2C(=O)c1ccccc1)c1cccc(F)c1. The number of hydrogen-bond donors (Lipinski definition) is 2. The Balaban J connectivity index is 1.38. The summed E-state index contributed by atoms with van der Waals surface area (Å²) in [5.74, 6) is -2.11. The molecule has 38 heavy (non-hydrogen) atoms. The first-order valence-corrected chi connectivity index (χ1v) is 12.4. The molecule has 0 aromatic heterocycles. The van der Waals surface area contributed by atoms with Gasteiger partial charge in [0.05, 0.1) is 12.6 Å². The number of nitrogens with one attached hydrogen (secondary N) is 1. The van der Waals surface area contributed by atoms with Gasteiger partial charge in [-0.1, -0.05) is 36.4 Å². The Bertz CT molecular complexity index is 1380. The summed E-state index contributed by atoms with van der Waals surface area (Å²) < 4.78 is 13.7. The standard InChI is InChI=1S/C29H26FN3O5/c30-21-8-4-7-20(16-21)27(36)31-23(15-18-9-11-22(34)12-10-18)29(38)32-14-13-24-26(32)25(35)17-33(24)28(37)19-5-2-1-3-6-19/h1-12,16,23-24,26,34H,13-15,17H2,(H,31,36)/t23?,24-,26+/m1/s1. The molecule has 3 aromatic carbocycles. The van der Waals surface area contributed by atoms with E-state index in [2.05, 4.69) is 5.32 Å². The van der Waals surface area contributed by atoms with Gasteiger partial charge >= 0.3 is 0 Å². The van der Waals surface area contributed by atoms with Crippen molar-refractivity contribution in [2.24, 2.45) is 0 Å². The van der Waals surface area contributed by atoms with Gasteiger partial charge in [0.1, 0.15) is 23.7 Å². The maximum absolute atomic E-state index is 13.8. The molecular formula is C29H26FN3O5. The van der Waals surface area contributed by atoms with Crippen molar-refractivity contribution < 1.29 is 28.7 Å². The molecule has 2 aliphatic heterocycles. The lowest BCUT2D eigenvalue weighted by Crippen LogP contribution is -2.53. The van der Waals surface area contributed by atoms with Gasteiger partial charge in [-0.25, -0.2) is 4.39 Å². The number of rotatable bonds is 6. The van der Waals surface area contributed by atoms with Gasteiger partial charge in [0, 0.05) is 24.1 Å². The highest BCUT2D eigenvalue weighted by Gasteiger charge is 2.52. The summed E-state index contributed by atoms with van der Waals surface area (Å²) >= 11 is 0. The molecule has 3 atom stereocenters. The fourth-order valence-electron chi connectivity index (χ4n) is 5.22. The number of hydrogen-bond acceptors (Lipinski definition) is 5. The second kappa shape index (κ2) is 10.5. The Kier molecular flexibility index (Phi) is 6.91. The minimum absolute atomic E-state index is 0.0579. The average molecular weight is 516 g/mol. The number of phenols is 1. The second-order valence-corrected chi connectivity index (χ2v) is 9.50. The van der Waals surface area contributed by atoms with E-state index in [1.807, 2.05) is 0 Å². The Morgan fingerprint density at radius 3 is 2.37 bits per heavy atom. The van der Waals surface area contributed by atoms with Crippen LogP contribution >= 0.6 is 0 Å². The normalized spacial score (nSPS) is 19.2. The van der Waals surface area contributed by atoms with Crippen LogP contribution in [-0.4, -0.2) is 69.6 Å². The van der Waals surface area contributed by atoms with Gasteiger partial charge < -0.3 is 20.2 Å². The fourth-order valence-corrected chi connectivity index (χ4v) is 5.22. The summed E-state index contributed by atoms with van der Waals surface area (Å²) in [4.78, 5) is 55.9. The van der Waals surface area contributed by atoms with Gasteiger partial charge in [-0.3, -0.25) is 19.2 Å². The molecule has 2 N–H and O–H groups in total. The maximum atomic E-state index is 13.8. The van der Waals surface area contributed by atoms with Gasteiger partial charge in [0.15, 0.2) is 5.78 Å². The van der Waals surface area contributed by atoms with E-state index in [1.165, 1.54) is 40.1 Å². The number of carbonyl (C=O) groups excluding carboxylic acids is 4. The summed E-state index contributed by atoms with van der Waals surface area (Å²) in [5, 5.41) is 12.3. The molecule has 0 saturated carbocycles. The molecule has 3 amide bonds. The monoisotopic (exact) mass is 515 g/mol. The minimum atomic E-state index is -1.05. The molecule has 2 saturated heterocycles. The summed E-state index contributed by atoms with van der Waals surface area (Å²) in [7, 11) is 0. The third-order valence-electron chi connectivity index (χ3n) is 7.05. The summed E-state index contributed by atoms with van der Waals surface area (Å²) in [6.45, 7) is 0.158. The Hall–Kier alpha value is -4.53. The van der Waals surface area contributed by atoms with E-state index >= 15 is 0 Å². The van der Waals surface area contributed by atoms with Gasteiger partial charge in [-0.2, -0.15) is 0 Å². The quantitative estimate of drug-likeness (QED) is 0.525. The fraction of sp³-hybridized carbons (Fsp3) is 0.241. The topological polar surface area (TPSA) is 107 Å². The number of nitrogens with zero attached hydrogens (tertiary/aromatic N) is 2. The first kappa shape index (κ1) is 25.1. The zero-order valence-electron chi connectivity index (χ0n) is 20.4.